The molecule has 6 rings (SSSR count). The molecule has 13 heteroatoms. The van der Waals surface area contributed by atoms with Crippen molar-refractivity contribution in [1.82, 2.24) is 29.3 Å². The SMILES string of the molecule is CCCc1c(Cc2ccc(-c3ccccc3-c3noc(=O)[nH]3)cc2F)c(=O)n(C2CCC(OCC(C)(C)O)CC2)c2ncnn12.[H-].[K+]. The molecular formula is C33H38FKN6O5. The van der Waals surface area contributed by atoms with E-state index in [2.05, 4.69) is 24.7 Å². The Morgan fingerprint density at radius 2 is 1.87 bits per heavy atom. The van der Waals surface area contributed by atoms with Crippen LogP contribution in [0, 0.1) is 5.82 Å². The van der Waals surface area contributed by atoms with Gasteiger partial charge in [-0.05, 0) is 68.7 Å². The van der Waals surface area contributed by atoms with Crippen LogP contribution in [-0.4, -0.2) is 52.7 Å². The number of aryl methyl sites for hydroxylation is 1. The van der Waals surface area contributed by atoms with Crippen LogP contribution >= 0.6 is 0 Å². The maximum Gasteiger partial charge on any atom is 1.00 e. The van der Waals surface area contributed by atoms with Gasteiger partial charge in [0.2, 0.25) is 5.78 Å². The molecule has 2 aromatic carbocycles. The second-order valence-electron chi connectivity index (χ2n) is 12.3. The first-order valence-electron chi connectivity index (χ1n) is 15.4. The molecule has 1 saturated carbocycles. The molecule has 1 fully saturated rings. The van der Waals surface area contributed by atoms with E-state index in [0.717, 1.165) is 25.0 Å². The predicted molar refractivity (Wildman–Crippen MR) is 167 cm³/mol. The van der Waals surface area contributed by atoms with Crippen LogP contribution in [0.3, 0.4) is 0 Å². The van der Waals surface area contributed by atoms with Gasteiger partial charge in [0.15, 0.2) is 5.82 Å². The van der Waals surface area contributed by atoms with E-state index in [1.807, 2.05) is 19.1 Å². The van der Waals surface area contributed by atoms with Gasteiger partial charge < -0.3 is 11.3 Å². The molecule has 238 valence electrons. The monoisotopic (exact) mass is 656 g/mol. The first-order chi connectivity index (χ1) is 21.6. The molecule has 0 aliphatic heterocycles. The zero-order chi connectivity index (χ0) is 31.7. The van der Waals surface area contributed by atoms with Crippen LogP contribution in [-0.2, 0) is 17.6 Å². The van der Waals surface area contributed by atoms with Crippen molar-refractivity contribution in [3.8, 4) is 22.5 Å². The zero-order valence-electron chi connectivity index (χ0n) is 27.6. The Bertz CT molecular complexity index is 1940. The van der Waals surface area contributed by atoms with Crippen molar-refractivity contribution in [2.75, 3.05) is 6.61 Å². The predicted octanol–water partition coefficient (Wildman–Crippen LogP) is 1.97. The number of halogens is 1. The Balaban J connectivity index is 0.00000250. The normalized spacial score (nSPS) is 16.9. The van der Waals surface area contributed by atoms with Crippen LogP contribution in [0.15, 0.2) is 62.9 Å². The van der Waals surface area contributed by atoms with E-state index < -0.39 is 17.2 Å². The number of nitrogens with zero attached hydrogens (tertiary/aromatic N) is 5. The number of hydrogen-bond acceptors (Lipinski definition) is 8. The molecule has 11 nitrogen and oxygen atoms in total. The summed E-state index contributed by atoms with van der Waals surface area (Å²) in [4.78, 5) is 32.8. The van der Waals surface area contributed by atoms with Crippen LogP contribution < -0.4 is 62.7 Å². The first-order valence-corrected chi connectivity index (χ1v) is 15.4. The Morgan fingerprint density at radius 1 is 1.13 bits per heavy atom. The van der Waals surface area contributed by atoms with E-state index >= 15 is 4.39 Å². The molecule has 0 unspecified atom stereocenters. The second-order valence-corrected chi connectivity index (χ2v) is 12.3. The van der Waals surface area contributed by atoms with Crippen molar-refractivity contribution >= 4 is 5.78 Å². The van der Waals surface area contributed by atoms with Gasteiger partial charge in [-0.15, -0.1) is 0 Å². The van der Waals surface area contributed by atoms with Crippen LogP contribution in [0.25, 0.3) is 28.3 Å². The summed E-state index contributed by atoms with van der Waals surface area (Å²) in [5.41, 5.74) is 2.41. The number of aromatic amines is 1. The summed E-state index contributed by atoms with van der Waals surface area (Å²) < 4.78 is 29.9. The van der Waals surface area contributed by atoms with Gasteiger partial charge in [-0.25, -0.2) is 13.7 Å². The molecule has 1 aliphatic rings. The van der Waals surface area contributed by atoms with Crippen molar-refractivity contribution in [1.29, 1.82) is 0 Å². The smallest absolute Gasteiger partial charge is 1.00 e. The molecule has 3 aromatic heterocycles. The maximum atomic E-state index is 15.9. The fourth-order valence-electron chi connectivity index (χ4n) is 6.21. The van der Waals surface area contributed by atoms with Gasteiger partial charge in [0, 0.05) is 23.6 Å². The van der Waals surface area contributed by atoms with Gasteiger partial charge in [-0.1, -0.05) is 54.9 Å². The van der Waals surface area contributed by atoms with Crippen molar-refractivity contribution in [2.24, 2.45) is 0 Å². The molecule has 0 saturated heterocycles. The summed E-state index contributed by atoms with van der Waals surface area (Å²) in [6, 6.07) is 12.0. The third kappa shape index (κ3) is 7.35. The number of fused-ring (bicyclic) bond motifs is 1. The minimum Gasteiger partial charge on any atom is -1.00 e. The number of ether oxygens (including phenoxy) is 1. The first kappa shape index (κ1) is 34.5. The largest absolute Gasteiger partial charge is 1.00 e. The Kier molecular flexibility index (Phi) is 10.9. The maximum absolute atomic E-state index is 15.9. The molecule has 0 bridgehead atoms. The van der Waals surface area contributed by atoms with Gasteiger partial charge in [0.1, 0.15) is 12.1 Å². The third-order valence-electron chi connectivity index (χ3n) is 8.35. The Morgan fingerprint density at radius 3 is 2.52 bits per heavy atom. The molecule has 5 aromatic rings. The fourth-order valence-corrected chi connectivity index (χ4v) is 6.21. The van der Waals surface area contributed by atoms with Crippen molar-refractivity contribution < 1.29 is 71.6 Å². The summed E-state index contributed by atoms with van der Waals surface area (Å²) in [6.45, 7) is 5.72. The van der Waals surface area contributed by atoms with Gasteiger partial charge in [0.25, 0.3) is 5.56 Å². The molecule has 0 atom stereocenters. The Labute approximate surface area is 309 Å². The summed E-state index contributed by atoms with van der Waals surface area (Å²) in [7, 11) is 0. The number of aromatic nitrogens is 6. The molecule has 0 amide bonds. The molecule has 2 N–H and O–H groups in total. The molecule has 46 heavy (non-hydrogen) atoms. The number of benzene rings is 2. The summed E-state index contributed by atoms with van der Waals surface area (Å²) >= 11 is 0. The quantitative estimate of drug-likeness (QED) is 0.218. The minimum absolute atomic E-state index is 0. The topological polar surface area (TPSA) is 141 Å². The van der Waals surface area contributed by atoms with Gasteiger partial charge in [-0.2, -0.15) is 10.1 Å². The van der Waals surface area contributed by atoms with E-state index in [1.54, 1.807) is 47.2 Å². The molecular weight excluding hydrogens is 618 g/mol. The third-order valence-corrected chi connectivity index (χ3v) is 8.35. The zero-order valence-corrected chi connectivity index (χ0v) is 29.7. The summed E-state index contributed by atoms with van der Waals surface area (Å²) in [6.07, 6.45) is 5.86. The van der Waals surface area contributed by atoms with E-state index in [4.69, 9.17) is 4.74 Å². The van der Waals surface area contributed by atoms with Crippen LogP contribution in [0.1, 0.15) is 77.2 Å². The number of rotatable bonds is 10. The van der Waals surface area contributed by atoms with Gasteiger partial charge in [0.05, 0.1) is 24.0 Å². The number of aliphatic hydroxyl groups is 1. The van der Waals surface area contributed by atoms with Crippen LogP contribution in [0.5, 0.6) is 0 Å². The number of hydrogen-bond donors (Lipinski definition) is 2. The van der Waals surface area contributed by atoms with E-state index in [-0.39, 0.29) is 89.4 Å². The number of nitrogens with one attached hydrogen (secondary N) is 1. The molecule has 1 aliphatic carbocycles. The van der Waals surface area contributed by atoms with Gasteiger partial charge >= 0.3 is 57.1 Å². The van der Waals surface area contributed by atoms with Crippen molar-refractivity contribution in [3.63, 3.8) is 0 Å². The van der Waals surface area contributed by atoms with Crippen LogP contribution in [0.4, 0.5) is 4.39 Å². The summed E-state index contributed by atoms with van der Waals surface area (Å²) in [5, 5.41) is 18.3. The average Bonchev–Trinajstić information content (AvgIpc) is 3.68. The molecule has 3 heterocycles. The van der Waals surface area contributed by atoms with Crippen molar-refractivity contribution in [3.05, 3.63) is 92.3 Å². The average molecular weight is 657 g/mol. The van der Waals surface area contributed by atoms with Gasteiger partial charge in [-0.3, -0.25) is 18.9 Å². The molecule has 0 radical (unpaired) electrons. The standard InChI is InChI=1S/C33H37FN6O5.K.H/c1-4-7-28-26(16-21-11-10-20(17-27(21)34)24-8-5-6-9-25(24)29-37-32(42)45-38-29)30(41)39(31-35-19-36-40(28)31)22-12-14-23(15-13-22)44-18-33(2,3)43;;/h5-6,8-11,17,19,22-23,43H,4,7,12-16,18H2,1-3H3,(H,37,38,42);;/q;+1;-1. The van der Waals surface area contributed by atoms with Crippen LogP contribution in [0.2, 0.25) is 0 Å². The molecule has 0 spiro atoms. The Hall–Kier alpha value is -2.78. The second kappa shape index (κ2) is 14.5. The van der Waals surface area contributed by atoms with E-state index in [0.29, 0.717) is 52.9 Å². The minimum atomic E-state index is -0.903. The van der Waals surface area contributed by atoms with E-state index in [9.17, 15) is 14.7 Å². The van der Waals surface area contributed by atoms with E-state index in [1.165, 1.54) is 12.4 Å². The summed E-state index contributed by atoms with van der Waals surface area (Å²) in [5.74, 6) is -0.381. The fraction of sp³-hybridized carbons (Fsp3) is 0.424. The number of H-pyrrole nitrogens is 1. The van der Waals surface area contributed by atoms with Crippen molar-refractivity contribution in [2.45, 2.75) is 83.5 Å².